The van der Waals surface area contributed by atoms with E-state index in [2.05, 4.69) is 0 Å². The van der Waals surface area contributed by atoms with Crippen LogP contribution < -0.4 is 0 Å². The van der Waals surface area contributed by atoms with E-state index in [1.54, 1.807) is 0 Å². The Bertz CT molecular complexity index is 231. The standard InChI is InChI=1S/C12H22O5/c1-2-3-4-5-6-16-12-10(15)7-9(14)11(8-13)17-12/h2-3,9-15H,4-8H2,1H3/b3-2+/t9-,10-,11-,12-/m1/s1. The normalized spacial score (nSPS) is 34.4. The van der Waals surface area contributed by atoms with E-state index in [9.17, 15) is 10.2 Å². The Morgan fingerprint density at radius 1 is 1.35 bits per heavy atom. The minimum absolute atomic E-state index is 0.171. The fourth-order valence-corrected chi connectivity index (χ4v) is 1.75. The van der Waals surface area contributed by atoms with Crippen molar-refractivity contribution in [1.29, 1.82) is 0 Å². The molecule has 1 rings (SSSR count). The second-order valence-electron chi connectivity index (χ2n) is 4.18. The smallest absolute Gasteiger partial charge is 0.184 e. The van der Waals surface area contributed by atoms with Gasteiger partial charge in [0, 0.05) is 6.42 Å². The molecule has 1 saturated heterocycles. The molecule has 0 saturated carbocycles. The maximum atomic E-state index is 9.65. The van der Waals surface area contributed by atoms with Gasteiger partial charge in [0.15, 0.2) is 6.29 Å². The van der Waals surface area contributed by atoms with Crippen molar-refractivity contribution in [2.24, 2.45) is 0 Å². The van der Waals surface area contributed by atoms with Crippen LogP contribution in [0.25, 0.3) is 0 Å². The quantitative estimate of drug-likeness (QED) is 0.460. The lowest BCUT2D eigenvalue weighted by atomic mass is 10.0. The summed E-state index contributed by atoms with van der Waals surface area (Å²) in [6, 6.07) is 0. The van der Waals surface area contributed by atoms with Gasteiger partial charge in [0.25, 0.3) is 0 Å². The molecule has 1 aliphatic rings. The van der Waals surface area contributed by atoms with Crippen LogP contribution in [-0.4, -0.2) is 53.1 Å². The molecule has 0 aliphatic carbocycles. The van der Waals surface area contributed by atoms with Crippen LogP contribution in [0.2, 0.25) is 0 Å². The minimum atomic E-state index is -0.838. The average Bonchev–Trinajstić information content (AvgIpc) is 2.31. The van der Waals surface area contributed by atoms with Gasteiger partial charge in [-0.1, -0.05) is 12.2 Å². The summed E-state index contributed by atoms with van der Waals surface area (Å²) in [6.07, 6.45) is 2.87. The third-order valence-corrected chi connectivity index (χ3v) is 2.75. The molecule has 0 unspecified atom stereocenters. The molecule has 0 radical (unpaired) electrons. The summed E-state index contributed by atoms with van der Waals surface area (Å²) in [4.78, 5) is 0. The Hall–Kier alpha value is -0.460. The molecule has 0 spiro atoms. The van der Waals surface area contributed by atoms with E-state index in [1.165, 1.54) is 0 Å². The van der Waals surface area contributed by atoms with E-state index in [1.807, 2.05) is 19.1 Å². The minimum Gasteiger partial charge on any atom is -0.394 e. The first-order valence-electron chi connectivity index (χ1n) is 6.04. The highest BCUT2D eigenvalue weighted by Gasteiger charge is 2.36. The maximum absolute atomic E-state index is 9.65. The van der Waals surface area contributed by atoms with Gasteiger partial charge in [-0.25, -0.2) is 0 Å². The Morgan fingerprint density at radius 2 is 2.12 bits per heavy atom. The third-order valence-electron chi connectivity index (χ3n) is 2.75. The van der Waals surface area contributed by atoms with Gasteiger partial charge < -0.3 is 24.8 Å². The van der Waals surface area contributed by atoms with Crippen molar-refractivity contribution in [1.82, 2.24) is 0 Å². The van der Waals surface area contributed by atoms with Crippen molar-refractivity contribution in [3.63, 3.8) is 0 Å². The number of rotatable bonds is 6. The van der Waals surface area contributed by atoms with E-state index in [0.717, 1.165) is 12.8 Å². The van der Waals surface area contributed by atoms with E-state index < -0.39 is 24.6 Å². The van der Waals surface area contributed by atoms with Gasteiger partial charge in [-0.15, -0.1) is 0 Å². The Kier molecular flexibility index (Phi) is 6.69. The zero-order valence-electron chi connectivity index (χ0n) is 10.2. The molecule has 1 aliphatic heterocycles. The molecule has 5 nitrogen and oxygen atoms in total. The SMILES string of the molecule is C/C=C/CCCO[C@@H]1O[C@H](CO)[C@H](O)C[C@H]1O. The van der Waals surface area contributed by atoms with Gasteiger partial charge in [0.05, 0.1) is 19.3 Å². The first-order chi connectivity index (χ1) is 8.19. The monoisotopic (exact) mass is 246 g/mol. The van der Waals surface area contributed by atoms with Crippen molar-refractivity contribution >= 4 is 0 Å². The van der Waals surface area contributed by atoms with E-state index in [-0.39, 0.29) is 13.0 Å². The first-order valence-corrected chi connectivity index (χ1v) is 6.04. The fourth-order valence-electron chi connectivity index (χ4n) is 1.75. The van der Waals surface area contributed by atoms with Gasteiger partial charge in [-0.2, -0.15) is 0 Å². The molecule has 1 fully saturated rings. The van der Waals surface area contributed by atoms with Crippen LogP contribution in [0, 0.1) is 0 Å². The van der Waals surface area contributed by atoms with Gasteiger partial charge in [0.1, 0.15) is 12.2 Å². The van der Waals surface area contributed by atoms with Gasteiger partial charge in [-0.3, -0.25) is 0 Å². The highest BCUT2D eigenvalue weighted by molar-refractivity contribution is 4.81. The molecule has 0 aromatic rings. The van der Waals surface area contributed by atoms with Crippen LogP contribution in [-0.2, 0) is 9.47 Å². The van der Waals surface area contributed by atoms with Crippen molar-refractivity contribution in [2.75, 3.05) is 13.2 Å². The molecule has 0 aromatic heterocycles. The maximum Gasteiger partial charge on any atom is 0.184 e. The number of aliphatic hydroxyl groups is 3. The molecule has 0 amide bonds. The van der Waals surface area contributed by atoms with Crippen LogP contribution in [0.5, 0.6) is 0 Å². The third kappa shape index (κ3) is 4.73. The molecule has 5 heteroatoms. The lowest BCUT2D eigenvalue weighted by Crippen LogP contribution is -2.49. The van der Waals surface area contributed by atoms with E-state index in [0.29, 0.717) is 6.61 Å². The molecule has 0 aromatic carbocycles. The number of aliphatic hydroxyl groups excluding tert-OH is 3. The van der Waals surface area contributed by atoms with Crippen LogP contribution >= 0.6 is 0 Å². The second kappa shape index (κ2) is 7.79. The molecule has 100 valence electrons. The number of unbranched alkanes of at least 4 members (excludes halogenated alkanes) is 1. The number of allylic oxidation sites excluding steroid dienone is 2. The average molecular weight is 246 g/mol. The molecule has 17 heavy (non-hydrogen) atoms. The number of hydrogen-bond donors (Lipinski definition) is 3. The van der Waals surface area contributed by atoms with Gasteiger partial charge >= 0.3 is 0 Å². The lowest BCUT2D eigenvalue weighted by Gasteiger charge is -2.36. The summed E-state index contributed by atoms with van der Waals surface area (Å²) in [6.45, 7) is 2.18. The summed E-state index contributed by atoms with van der Waals surface area (Å²) in [5.41, 5.74) is 0. The summed E-state index contributed by atoms with van der Waals surface area (Å²) < 4.78 is 10.7. The zero-order valence-corrected chi connectivity index (χ0v) is 10.2. The predicted molar refractivity (Wildman–Crippen MR) is 62.4 cm³/mol. The molecule has 4 atom stereocenters. The molecule has 1 heterocycles. The summed E-state index contributed by atoms with van der Waals surface area (Å²) in [5.74, 6) is 0. The summed E-state index contributed by atoms with van der Waals surface area (Å²) in [7, 11) is 0. The molecular formula is C12H22O5. The fraction of sp³-hybridized carbons (Fsp3) is 0.833. The summed E-state index contributed by atoms with van der Waals surface area (Å²) in [5, 5.41) is 28.1. The molecule has 3 N–H and O–H groups in total. The zero-order chi connectivity index (χ0) is 12.7. The first kappa shape index (κ1) is 14.6. The van der Waals surface area contributed by atoms with E-state index in [4.69, 9.17) is 14.6 Å². The highest BCUT2D eigenvalue weighted by atomic mass is 16.7. The van der Waals surface area contributed by atoms with Crippen molar-refractivity contribution in [3.05, 3.63) is 12.2 Å². The van der Waals surface area contributed by atoms with Crippen LogP contribution in [0.15, 0.2) is 12.2 Å². The summed E-state index contributed by atoms with van der Waals surface area (Å²) >= 11 is 0. The molecular weight excluding hydrogens is 224 g/mol. The Balaban J connectivity index is 2.27. The van der Waals surface area contributed by atoms with Crippen LogP contribution in [0.4, 0.5) is 0 Å². The van der Waals surface area contributed by atoms with Gasteiger partial charge in [-0.05, 0) is 19.8 Å². The van der Waals surface area contributed by atoms with E-state index >= 15 is 0 Å². The van der Waals surface area contributed by atoms with Crippen molar-refractivity contribution < 1.29 is 24.8 Å². The Labute approximate surface area is 102 Å². The number of hydrogen-bond acceptors (Lipinski definition) is 5. The van der Waals surface area contributed by atoms with Crippen LogP contribution in [0.1, 0.15) is 26.2 Å². The molecule has 0 bridgehead atoms. The lowest BCUT2D eigenvalue weighted by molar-refractivity contribution is -0.270. The van der Waals surface area contributed by atoms with Crippen molar-refractivity contribution in [2.45, 2.75) is 50.8 Å². The largest absolute Gasteiger partial charge is 0.394 e. The van der Waals surface area contributed by atoms with Crippen LogP contribution in [0.3, 0.4) is 0 Å². The number of ether oxygens (including phenoxy) is 2. The van der Waals surface area contributed by atoms with Crippen molar-refractivity contribution in [3.8, 4) is 0 Å². The highest BCUT2D eigenvalue weighted by Crippen LogP contribution is 2.21. The Morgan fingerprint density at radius 3 is 2.76 bits per heavy atom. The second-order valence-corrected chi connectivity index (χ2v) is 4.18. The van der Waals surface area contributed by atoms with Gasteiger partial charge in [0.2, 0.25) is 0 Å². The topological polar surface area (TPSA) is 79.2 Å². The predicted octanol–water partition coefficient (Wildman–Crippen LogP) is 0.188.